The number of hydrogen-bond donors (Lipinski definition) is 3. The number of carbonyl (C=O) groups is 3. The van der Waals surface area contributed by atoms with E-state index in [0.717, 1.165) is 11.1 Å². The van der Waals surface area contributed by atoms with Crippen molar-refractivity contribution in [1.82, 2.24) is 10.7 Å². The predicted molar refractivity (Wildman–Crippen MR) is 155 cm³/mol. The molecule has 3 amide bonds. The van der Waals surface area contributed by atoms with Crippen LogP contribution < -0.4 is 25.5 Å². The van der Waals surface area contributed by atoms with E-state index in [2.05, 4.69) is 21.2 Å². The molecule has 0 aromatic heterocycles. The summed E-state index contributed by atoms with van der Waals surface area (Å²) < 4.78 is 11.7. The van der Waals surface area contributed by atoms with Gasteiger partial charge in [0.05, 0.1) is 16.9 Å². The van der Waals surface area contributed by atoms with Gasteiger partial charge >= 0.3 is 11.8 Å². The van der Waals surface area contributed by atoms with E-state index in [9.17, 15) is 14.4 Å². The molecule has 3 N–H and O–H groups in total. The van der Waals surface area contributed by atoms with Crippen LogP contribution in [0.4, 0.5) is 5.69 Å². The lowest BCUT2D eigenvalue weighted by molar-refractivity contribution is -0.139. The molecule has 0 spiro atoms. The summed E-state index contributed by atoms with van der Waals surface area (Å²) in [6.45, 7) is 1.89. The summed E-state index contributed by atoms with van der Waals surface area (Å²) in [6, 6.07) is 15.6. The quantitative estimate of drug-likeness (QED) is 0.132. The first kappa shape index (κ1) is 29.2. The van der Waals surface area contributed by atoms with E-state index in [1.165, 1.54) is 13.3 Å². The molecule has 0 aliphatic heterocycles. The van der Waals surface area contributed by atoms with Crippen molar-refractivity contribution in [1.29, 1.82) is 0 Å². The zero-order valence-corrected chi connectivity index (χ0v) is 24.0. The van der Waals surface area contributed by atoms with Crippen LogP contribution in [0.5, 0.6) is 11.5 Å². The molecule has 0 fully saturated rings. The van der Waals surface area contributed by atoms with Crippen molar-refractivity contribution in [2.75, 3.05) is 19.0 Å². The van der Waals surface area contributed by atoms with Crippen LogP contribution in [0.3, 0.4) is 0 Å². The summed E-state index contributed by atoms with van der Waals surface area (Å²) in [7, 11) is 1.45. The number of methoxy groups -OCH3 is 1. The van der Waals surface area contributed by atoms with Crippen LogP contribution in [-0.2, 0) is 20.9 Å². The number of ether oxygens (including phenoxy) is 2. The molecule has 0 aliphatic rings. The summed E-state index contributed by atoms with van der Waals surface area (Å²) >= 11 is 13.9. The molecule has 12 heteroatoms. The van der Waals surface area contributed by atoms with Gasteiger partial charge in [0.15, 0.2) is 18.1 Å². The molecule has 3 aromatic carbocycles. The van der Waals surface area contributed by atoms with Crippen molar-refractivity contribution in [3.05, 3.63) is 84.9 Å². The van der Waals surface area contributed by atoms with Gasteiger partial charge in [-0.3, -0.25) is 14.4 Å². The molecule has 9 nitrogen and oxygen atoms in total. The van der Waals surface area contributed by atoms with Gasteiger partial charge in [-0.15, -0.1) is 0 Å². The number of aryl methyl sites for hydroxylation is 1. The highest BCUT2D eigenvalue weighted by atomic mass is 127. The van der Waals surface area contributed by atoms with Gasteiger partial charge in [-0.2, -0.15) is 5.10 Å². The molecule has 0 radical (unpaired) electrons. The third kappa shape index (κ3) is 8.89. The molecular weight excluding hydrogens is 646 g/mol. The number of anilines is 1. The first-order chi connectivity index (χ1) is 18.1. The summed E-state index contributed by atoms with van der Waals surface area (Å²) in [4.78, 5) is 36.4. The SMILES string of the molecule is COc1cc(/C=N\NC(=O)C(=O)NCc2ccc(C)cc2)cc(I)c1OCC(=O)Nc1cc(Cl)cc(Cl)c1. The lowest BCUT2D eigenvalue weighted by atomic mass is 10.1. The summed E-state index contributed by atoms with van der Waals surface area (Å²) in [5, 5.41) is 9.82. The number of hydrogen-bond acceptors (Lipinski definition) is 6. The molecule has 0 aliphatic carbocycles. The fraction of sp³-hybridized carbons (Fsp3) is 0.154. The van der Waals surface area contributed by atoms with E-state index in [-0.39, 0.29) is 13.2 Å². The van der Waals surface area contributed by atoms with E-state index >= 15 is 0 Å². The number of amides is 3. The van der Waals surface area contributed by atoms with Crippen molar-refractivity contribution in [2.24, 2.45) is 5.10 Å². The van der Waals surface area contributed by atoms with Crippen LogP contribution in [-0.4, -0.2) is 37.7 Å². The molecule has 0 heterocycles. The second-order valence-corrected chi connectivity index (χ2v) is 9.93. The zero-order valence-electron chi connectivity index (χ0n) is 20.3. The van der Waals surface area contributed by atoms with Crippen molar-refractivity contribution in [3.63, 3.8) is 0 Å². The monoisotopic (exact) mass is 668 g/mol. The van der Waals surface area contributed by atoms with Gasteiger partial charge in [-0.05, 0) is 71.0 Å². The van der Waals surface area contributed by atoms with Crippen LogP contribution in [0.15, 0.2) is 59.7 Å². The minimum atomic E-state index is -0.901. The number of halogens is 3. The largest absolute Gasteiger partial charge is 0.493 e. The number of rotatable bonds is 9. The first-order valence-corrected chi connectivity index (χ1v) is 12.9. The number of hydrazone groups is 1. The Balaban J connectivity index is 1.55. The fourth-order valence-electron chi connectivity index (χ4n) is 3.10. The van der Waals surface area contributed by atoms with Crippen LogP contribution >= 0.6 is 45.8 Å². The summed E-state index contributed by atoms with van der Waals surface area (Å²) in [6.07, 6.45) is 1.36. The number of nitrogens with one attached hydrogen (secondary N) is 3. The Bertz CT molecular complexity index is 1350. The average Bonchev–Trinajstić information content (AvgIpc) is 2.86. The van der Waals surface area contributed by atoms with E-state index in [4.69, 9.17) is 32.7 Å². The van der Waals surface area contributed by atoms with E-state index in [0.29, 0.717) is 36.4 Å². The molecule has 198 valence electrons. The Morgan fingerprint density at radius 1 is 1.00 bits per heavy atom. The van der Waals surface area contributed by atoms with E-state index in [1.807, 2.05) is 53.8 Å². The van der Waals surface area contributed by atoms with Gasteiger partial charge in [0.2, 0.25) is 0 Å². The van der Waals surface area contributed by atoms with Gasteiger partial charge in [0, 0.05) is 22.3 Å². The highest BCUT2D eigenvalue weighted by Gasteiger charge is 2.15. The van der Waals surface area contributed by atoms with Crippen molar-refractivity contribution in [2.45, 2.75) is 13.5 Å². The zero-order chi connectivity index (χ0) is 27.7. The third-order valence-corrected chi connectivity index (χ3v) is 6.14. The minimum Gasteiger partial charge on any atom is -0.493 e. The molecule has 0 bridgehead atoms. The maximum Gasteiger partial charge on any atom is 0.329 e. The highest BCUT2D eigenvalue weighted by Crippen LogP contribution is 2.33. The van der Waals surface area contributed by atoms with Gasteiger partial charge in [0.1, 0.15) is 0 Å². The summed E-state index contributed by atoms with van der Waals surface area (Å²) in [5.74, 6) is -1.43. The molecule has 38 heavy (non-hydrogen) atoms. The number of benzene rings is 3. The van der Waals surface area contributed by atoms with E-state index < -0.39 is 17.7 Å². The summed E-state index contributed by atoms with van der Waals surface area (Å²) in [5.41, 5.74) is 5.17. The Hall–Kier alpha value is -3.35. The Kier molecular flexibility index (Phi) is 10.7. The molecule has 0 atom stereocenters. The second kappa shape index (κ2) is 14.0. The van der Waals surface area contributed by atoms with Gasteiger partial charge in [-0.25, -0.2) is 5.43 Å². The third-order valence-electron chi connectivity index (χ3n) is 4.91. The molecule has 0 unspecified atom stereocenters. The molecule has 3 rings (SSSR count). The van der Waals surface area contributed by atoms with Gasteiger partial charge in [0.25, 0.3) is 5.91 Å². The molecular formula is C26H23Cl2IN4O5. The molecule has 0 saturated heterocycles. The average molecular weight is 669 g/mol. The topological polar surface area (TPSA) is 118 Å². The predicted octanol–water partition coefficient (Wildman–Crippen LogP) is 4.70. The number of carbonyl (C=O) groups excluding carboxylic acids is 3. The lowest BCUT2D eigenvalue weighted by Gasteiger charge is -2.13. The minimum absolute atomic E-state index is 0.220. The lowest BCUT2D eigenvalue weighted by Crippen LogP contribution is -2.37. The van der Waals surface area contributed by atoms with Crippen LogP contribution in [0.2, 0.25) is 10.0 Å². The maximum atomic E-state index is 12.3. The standard InChI is InChI=1S/C26H23Cl2IN4O5/c1-15-3-5-16(6-4-15)12-30-25(35)26(36)33-31-13-17-7-21(29)24(22(8-17)37-2)38-14-23(34)32-20-10-18(27)9-19(28)11-20/h3-11,13H,12,14H2,1-2H3,(H,30,35)(H,32,34)(H,33,36)/b31-13-. The van der Waals surface area contributed by atoms with E-state index in [1.54, 1.807) is 30.3 Å². The van der Waals surface area contributed by atoms with Crippen LogP contribution in [0, 0.1) is 10.5 Å². The number of nitrogens with zero attached hydrogens (tertiary/aromatic N) is 1. The second-order valence-electron chi connectivity index (χ2n) is 7.90. The highest BCUT2D eigenvalue weighted by molar-refractivity contribution is 14.1. The van der Waals surface area contributed by atoms with Crippen molar-refractivity contribution >= 4 is 75.4 Å². The maximum absolute atomic E-state index is 12.3. The Morgan fingerprint density at radius 2 is 1.68 bits per heavy atom. The van der Waals surface area contributed by atoms with Crippen LogP contribution in [0.1, 0.15) is 16.7 Å². The first-order valence-electron chi connectivity index (χ1n) is 11.1. The Labute approximate surface area is 243 Å². The van der Waals surface area contributed by atoms with Crippen molar-refractivity contribution < 1.29 is 23.9 Å². The smallest absolute Gasteiger partial charge is 0.329 e. The molecule has 3 aromatic rings. The fourth-order valence-corrected chi connectivity index (χ4v) is 4.41. The van der Waals surface area contributed by atoms with Gasteiger partial charge in [-0.1, -0.05) is 53.0 Å². The Morgan fingerprint density at radius 3 is 2.34 bits per heavy atom. The van der Waals surface area contributed by atoms with Crippen LogP contribution in [0.25, 0.3) is 0 Å². The van der Waals surface area contributed by atoms with Crippen molar-refractivity contribution in [3.8, 4) is 11.5 Å². The molecule has 0 saturated carbocycles. The normalized spacial score (nSPS) is 10.7. The van der Waals surface area contributed by atoms with Gasteiger partial charge < -0.3 is 20.1 Å².